The topological polar surface area (TPSA) is 95.1 Å². The molecule has 1 aliphatic rings. The van der Waals surface area contributed by atoms with Gasteiger partial charge < -0.3 is 15.8 Å². The Morgan fingerprint density at radius 2 is 1.96 bits per heavy atom. The van der Waals surface area contributed by atoms with Crippen LogP contribution < -0.4 is 15.8 Å². The van der Waals surface area contributed by atoms with Crippen LogP contribution in [0.2, 0.25) is 0 Å². The van der Waals surface area contributed by atoms with Crippen molar-refractivity contribution >= 4 is 5.91 Å². The molecule has 1 amide bonds. The summed E-state index contributed by atoms with van der Waals surface area (Å²) in [5, 5.41) is 11.0. The molecule has 1 aliphatic carbocycles. The first kappa shape index (κ1) is 20.2. The first-order chi connectivity index (χ1) is 13.5. The minimum absolute atomic E-state index is 0.0488. The Morgan fingerprint density at radius 1 is 1.29 bits per heavy atom. The molecule has 1 aromatic heterocycles. The van der Waals surface area contributed by atoms with Gasteiger partial charge in [0.15, 0.2) is 5.69 Å². The zero-order valence-corrected chi connectivity index (χ0v) is 15.8. The molecule has 9 heteroatoms. The lowest BCUT2D eigenvalue weighted by Crippen LogP contribution is -2.46. The number of carbonyl (C=O) groups is 1. The number of hydrogen-bond donors (Lipinski definition) is 2. The largest absolute Gasteiger partial charge is 0.435 e. The Hall–Kier alpha value is -2.55. The molecule has 3 rings (SSSR count). The third-order valence-corrected chi connectivity index (χ3v) is 5.21. The van der Waals surface area contributed by atoms with Crippen molar-refractivity contribution in [1.82, 2.24) is 20.3 Å². The van der Waals surface area contributed by atoms with Gasteiger partial charge in [0.1, 0.15) is 5.75 Å². The molecule has 1 fully saturated rings. The molecule has 0 bridgehead atoms. The van der Waals surface area contributed by atoms with Crippen LogP contribution in [0.1, 0.15) is 48.3 Å². The Bertz CT molecular complexity index is 788. The van der Waals surface area contributed by atoms with E-state index in [9.17, 15) is 13.6 Å². The summed E-state index contributed by atoms with van der Waals surface area (Å²) in [5.74, 6) is 0.135. The van der Waals surface area contributed by atoms with Gasteiger partial charge in [0.2, 0.25) is 0 Å². The molecule has 2 aromatic rings. The number of amides is 1. The van der Waals surface area contributed by atoms with Gasteiger partial charge >= 0.3 is 6.61 Å². The van der Waals surface area contributed by atoms with E-state index in [4.69, 9.17) is 5.73 Å². The van der Waals surface area contributed by atoms with Gasteiger partial charge in [-0.2, -0.15) is 8.78 Å². The number of hydrogen-bond acceptors (Lipinski definition) is 5. The van der Waals surface area contributed by atoms with Crippen LogP contribution in [0.15, 0.2) is 24.3 Å². The number of aromatic nitrogens is 3. The van der Waals surface area contributed by atoms with E-state index < -0.39 is 6.61 Å². The van der Waals surface area contributed by atoms with E-state index in [0.29, 0.717) is 23.8 Å². The predicted molar refractivity (Wildman–Crippen MR) is 99.6 cm³/mol. The summed E-state index contributed by atoms with van der Waals surface area (Å²) in [6.07, 6.45) is 5.70. The molecular weight excluding hydrogens is 368 g/mol. The molecule has 3 N–H and O–H groups in total. The van der Waals surface area contributed by atoms with E-state index in [1.54, 1.807) is 19.1 Å². The van der Waals surface area contributed by atoms with Crippen molar-refractivity contribution in [3.05, 3.63) is 35.7 Å². The summed E-state index contributed by atoms with van der Waals surface area (Å²) >= 11 is 0. The van der Waals surface area contributed by atoms with Crippen molar-refractivity contribution in [3.8, 4) is 11.4 Å². The fourth-order valence-electron chi connectivity index (χ4n) is 3.70. The molecule has 1 unspecified atom stereocenters. The van der Waals surface area contributed by atoms with E-state index in [1.807, 2.05) is 0 Å². The fourth-order valence-corrected chi connectivity index (χ4v) is 3.70. The molecule has 0 aliphatic heterocycles. The van der Waals surface area contributed by atoms with Crippen molar-refractivity contribution in [1.29, 1.82) is 0 Å². The van der Waals surface area contributed by atoms with E-state index in [0.717, 1.165) is 25.7 Å². The SMILES string of the molecule is Cc1c(C(=O)NC(CN)C2CCCCC2)nnn1-c1ccc(OC(F)F)cc1. The maximum atomic E-state index is 12.7. The molecule has 1 atom stereocenters. The highest BCUT2D eigenvalue weighted by Gasteiger charge is 2.26. The fraction of sp³-hybridized carbons (Fsp3) is 0.526. The van der Waals surface area contributed by atoms with E-state index in [-0.39, 0.29) is 23.4 Å². The second kappa shape index (κ2) is 9.09. The Kier molecular flexibility index (Phi) is 6.56. The van der Waals surface area contributed by atoms with Gasteiger partial charge in [-0.25, -0.2) is 4.68 Å². The summed E-state index contributed by atoms with van der Waals surface area (Å²) in [4.78, 5) is 12.7. The van der Waals surface area contributed by atoms with Crippen molar-refractivity contribution < 1.29 is 18.3 Å². The average molecular weight is 393 g/mol. The van der Waals surface area contributed by atoms with Crippen LogP contribution in [-0.2, 0) is 0 Å². The number of nitrogens with one attached hydrogen (secondary N) is 1. The number of alkyl halides is 2. The Morgan fingerprint density at radius 3 is 2.57 bits per heavy atom. The van der Waals surface area contributed by atoms with Gasteiger partial charge in [-0.1, -0.05) is 24.5 Å². The first-order valence-electron chi connectivity index (χ1n) is 9.48. The maximum absolute atomic E-state index is 12.7. The number of nitrogens with zero attached hydrogens (tertiary/aromatic N) is 3. The number of halogens is 2. The monoisotopic (exact) mass is 393 g/mol. The summed E-state index contributed by atoms with van der Waals surface area (Å²) in [6, 6.07) is 5.90. The quantitative estimate of drug-likeness (QED) is 0.754. The summed E-state index contributed by atoms with van der Waals surface area (Å²) in [6.45, 7) is -0.764. The predicted octanol–water partition coefficient (Wildman–Crippen LogP) is 2.81. The van der Waals surface area contributed by atoms with E-state index >= 15 is 0 Å². The minimum Gasteiger partial charge on any atom is -0.435 e. The summed E-state index contributed by atoms with van der Waals surface area (Å²) < 4.78 is 30.4. The molecule has 1 aromatic carbocycles. The standard InChI is InChI=1S/C19H25F2N5O2/c1-12-17(18(27)23-16(11-22)13-5-3-2-4-6-13)24-25-26(12)14-7-9-15(10-8-14)28-19(20)21/h7-10,13,16,19H,2-6,11,22H2,1H3,(H,23,27). The second-order valence-corrected chi connectivity index (χ2v) is 7.02. The van der Waals surface area contributed by atoms with E-state index in [2.05, 4.69) is 20.4 Å². The second-order valence-electron chi connectivity index (χ2n) is 7.02. The molecule has 7 nitrogen and oxygen atoms in total. The van der Waals surface area contributed by atoms with Gasteiger partial charge in [-0.15, -0.1) is 5.10 Å². The third-order valence-electron chi connectivity index (χ3n) is 5.21. The zero-order chi connectivity index (χ0) is 20.1. The van der Waals surface area contributed by atoms with Gasteiger partial charge in [0.05, 0.1) is 11.4 Å². The van der Waals surface area contributed by atoms with Gasteiger partial charge in [0, 0.05) is 12.6 Å². The lowest BCUT2D eigenvalue weighted by molar-refractivity contribution is -0.0498. The molecule has 152 valence electrons. The smallest absolute Gasteiger partial charge is 0.387 e. The molecular formula is C19H25F2N5O2. The van der Waals surface area contributed by atoms with Crippen LogP contribution in [0.4, 0.5) is 8.78 Å². The van der Waals surface area contributed by atoms with Gasteiger partial charge in [0.25, 0.3) is 5.91 Å². The molecule has 0 radical (unpaired) electrons. The normalized spacial score (nSPS) is 16.2. The third kappa shape index (κ3) is 4.64. The van der Waals surface area contributed by atoms with Crippen LogP contribution in [-0.4, -0.2) is 40.1 Å². The highest BCUT2D eigenvalue weighted by atomic mass is 19.3. The number of carbonyl (C=O) groups excluding carboxylic acids is 1. The molecule has 0 saturated heterocycles. The van der Waals surface area contributed by atoms with Crippen molar-refractivity contribution in [2.75, 3.05) is 6.54 Å². The van der Waals surface area contributed by atoms with Crippen LogP contribution in [0.25, 0.3) is 5.69 Å². The van der Waals surface area contributed by atoms with Crippen LogP contribution in [0.3, 0.4) is 0 Å². The number of rotatable bonds is 7. The van der Waals surface area contributed by atoms with Crippen LogP contribution in [0, 0.1) is 12.8 Å². The zero-order valence-electron chi connectivity index (χ0n) is 15.8. The molecule has 28 heavy (non-hydrogen) atoms. The highest BCUT2D eigenvalue weighted by Crippen LogP contribution is 2.26. The average Bonchev–Trinajstić information content (AvgIpc) is 3.08. The number of nitrogens with two attached hydrogens (primary N) is 1. The van der Waals surface area contributed by atoms with Crippen molar-refractivity contribution in [2.45, 2.75) is 51.7 Å². The van der Waals surface area contributed by atoms with Crippen molar-refractivity contribution in [3.63, 3.8) is 0 Å². The lowest BCUT2D eigenvalue weighted by Gasteiger charge is -2.29. The molecule has 0 spiro atoms. The van der Waals surface area contributed by atoms with Crippen LogP contribution >= 0.6 is 0 Å². The Labute approximate surface area is 162 Å². The highest BCUT2D eigenvalue weighted by molar-refractivity contribution is 5.93. The van der Waals surface area contributed by atoms with Crippen molar-refractivity contribution in [2.24, 2.45) is 11.7 Å². The first-order valence-corrected chi connectivity index (χ1v) is 9.48. The molecule has 1 saturated carbocycles. The Balaban J connectivity index is 1.71. The van der Waals surface area contributed by atoms with Gasteiger partial charge in [-0.05, 0) is 49.9 Å². The minimum atomic E-state index is -2.88. The van der Waals surface area contributed by atoms with Gasteiger partial charge in [-0.3, -0.25) is 4.79 Å². The van der Waals surface area contributed by atoms with E-state index in [1.165, 1.54) is 23.2 Å². The number of ether oxygens (including phenoxy) is 1. The summed E-state index contributed by atoms with van der Waals surface area (Å²) in [5.41, 5.74) is 7.26. The maximum Gasteiger partial charge on any atom is 0.387 e. The molecule has 1 heterocycles. The lowest BCUT2D eigenvalue weighted by atomic mass is 9.84. The summed E-state index contributed by atoms with van der Waals surface area (Å²) in [7, 11) is 0. The van der Waals surface area contributed by atoms with Crippen LogP contribution in [0.5, 0.6) is 5.75 Å². The number of benzene rings is 1.